The first-order valence-electron chi connectivity index (χ1n) is 4.41. The van der Waals surface area contributed by atoms with E-state index >= 15 is 0 Å². The van der Waals surface area contributed by atoms with Crippen molar-refractivity contribution in [2.45, 2.75) is 5.03 Å². The van der Waals surface area contributed by atoms with E-state index < -0.39 is 16.1 Å². The highest BCUT2D eigenvalue weighted by atomic mass is 32.2. The maximum Gasteiger partial charge on any atom is 0.334 e. The van der Waals surface area contributed by atoms with Crippen LogP contribution >= 0.6 is 0 Å². The summed E-state index contributed by atoms with van der Waals surface area (Å²) in [6.45, 7) is 0. The molecule has 0 atom stereocenters. The summed E-state index contributed by atoms with van der Waals surface area (Å²) in [6, 6.07) is 1.78. The fraction of sp³-hybridized carbons (Fsp3) is 0. The molecule has 0 radical (unpaired) electrons. The Bertz CT molecular complexity index is 588. The van der Waals surface area contributed by atoms with Gasteiger partial charge in [-0.15, -0.1) is 0 Å². The highest BCUT2D eigenvalue weighted by Gasteiger charge is 2.19. The van der Waals surface area contributed by atoms with Gasteiger partial charge in [0.25, 0.3) is 10.0 Å². The van der Waals surface area contributed by atoms with Crippen molar-refractivity contribution in [2.75, 3.05) is 5.32 Å². The predicted molar refractivity (Wildman–Crippen MR) is 56.5 cm³/mol. The van der Waals surface area contributed by atoms with Crippen LogP contribution in [0.25, 0.3) is 0 Å². The van der Waals surface area contributed by atoms with E-state index in [4.69, 9.17) is 0 Å². The van der Waals surface area contributed by atoms with Crippen LogP contribution in [0.2, 0.25) is 0 Å². The fourth-order valence-corrected chi connectivity index (χ4v) is 1.86. The minimum absolute atomic E-state index is 0.208. The molecule has 10 heteroatoms. The summed E-state index contributed by atoms with van der Waals surface area (Å²) < 4.78 is 24.9. The van der Waals surface area contributed by atoms with E-state index in [1.807, 2.05) is 0 Å². The Morgan fingerprint density at radius 1 is 1.18 bits per heavy atom. The Balaban J connectivity index is 2.04. The highest BCUT2D eigenvalue weighted by molar-refractivity contribution is 7.90. The van der Waals surface area contributed by atoms with Gasteiger partial charge in [0.1, 0.15) is 0 Å². The lowest BCUT2D eigenvalue weighted by Crippen LogP contribution is -2.34. The monoisotopic (exact) mass is 256 g/mol. The van der Waals surface area contributed by atoms with Crippen molar-refractivity contribution in [3.05, 3.63) is 24.5 Å². The van der Waals surface area contributed by atoms with Gasteiger partial charge in [-0.3, -0.25) is 15.5 Å². The van der Waals surface area contributed by atoms with Crippen molar-refractivity contribution in [1.82, 2.24) is 25.1 Å². The van der Waals surface area contributed by atoms with E-state index in [1.165, 1.54) is 24.5 Å². The van der Waals surface area contributed by atoms with Crippen LogP contribution in [0, 0.1) is 0 Å². The van der Waals surface area contributed by atoms with Gasteiger partial charge < -0.3 is 0 Å². The smallest absolute Gasteiger partial charge is 0.290 e. The molecule has 2 aromatic rings. The van der Waals surface area contributed by atoms with Crippen LogP contribution in [0.1, 0.15) is 0 Å². The number of aromatic amines is 2. The van der Waals surface area contributed by atoms with Crippen LogP contribution in [0.4, 0.5) is 10.6 Å². The van der Waals surface area contributed by atoms with Crippen molar-refractivity contribution >= 4 is 21.9 Å². The number of amides is 2. The zero-order chi connectivity index (χ0) is 12.3. The molecule has 17 heavy (non-hydrogen) atoms. The molecule has 2 heterocycles. The largest absolute Gasteiger partial charge is 0.334 e. The summed E-state index contributed by atoms with van der Waals surface area (Å²) in [4.78, 5) is 11.3. The summed E-state index contributed by atoms with van der Waals surface area (Å²) in [5.74, 6) is 0.208. The average Bonchev–Trinajstić information content (AvgIpc) is 2.87. The molecular weight excluding hydrogens is 248 g/mol. The summed E-state index contributed by atoms with van der Waals surface area (Å²) in [7, 11) is -3.96. The number of hydrogen-bond acceptors (Lipinski definition) is 5. The van der Waals surface area contributed by atoms with Crippen molar-refractivity contribution in [2.24, 2.45) is 0 Å². The number of nitrogens with zero attached hydrogens (tertiary/aromatic N) is 2. The van der Waals surface area contributed by atoms with E-state index in [1.54, 1.807) is 4.72 Å². The zero-order valence-electron chi connectivity index (χ0n) is 8.34. The maximum absolute atomic E-state index is 11.5. The molecule has 0 aliphatic heterocycles. The minimum Gasteiger partial charge on any atom is -0.290 e. The molecule has 0 bridgehead atoms. The molecule has 0 aromatic carbocycles. The minimum atomic E-state index is -3.96. The van der Waals surface area contributed by atoms with Gasteiger partial charge in [0.05, 0.1) is 0 Å². The van der Waals surface area contributed by atoms with Crippen molar-refractivity contribution in [3.8, 4) is 0 Å². The van der Waals surface area contributed by atoms with E-state index in [0.717, 1.165) is 0 Å². The molecule has 0 unspecified atom stereocenters. The molecule has 0 saturated carbocycles. The molecule has 9 nitrogen and oxygen atoms in total. The Kier molecular flexibility index (Phi) is 2.78. The third-order valence-electron chi connectivity index (χ3n) is 1.72. The molecule has 0 fully saturated rings. The number of hydrogen-bond donors (Lipinski definition) is 4. The number of sulfonamides is 1. The number of nitrogens with one attached hydrogen (secondary N) is 4. The Morgan fingerprint density at radius 2 is 1.88 bits per heavy atom. The number of carbonyl (C=O) groups is 1. The number of urea groups is 1. The summed E-state index contributed by atoms with van der Waals surface area (Å²) in [6.07, 6.45) is 2.82. The van der Waals surface area contributed by atoms with Gasteiger partial charge in [-0.2, -0.15) is 18.6 Å². The third-order valence-corrected chi connectivity index (χ3v) is 2.95. The van der Waals surface area contributed by atoms with Gasteiger partial charge in [0.15, 0.2) is 10.8 Å². The van der Waals surface area contributed by atoms with Crippen LogP contribution in [0.5, 0.6) is 0 Å². The predicted octanol–water partition coefficient (Wildman–Crippen LogP) is -0.357. The fourth-order valence-electron chi connectivity index (χ4n) is 1.04. The van der Waals surface area contributed by atoms with Crippen LogP contribution < -0.4 is 10.0 Å². The van der Waals surface area contributed by atoms with Crippen LogP contribution in [-0.2, 0) is 10.0 Å². The standard InChI is InChI=1S/C7H8N6O3S/c14-7(10-5-1-3-8-11-5)13-17(15,16)6-2-4-9-12-6/h1-4H,(H,9,12)(H3,8,10,11,13,14). The van der Waals surface area contributed by atoms with Crippen molar-refractivity contribution in [3.63, 3.8) is 0 Å². The van der Waals surface area contributed by atoms with Gasteiger partial charge in [-0.1, -0.05) is 0 Å². The van der Waals surface area contributed by atoms with E-state index in [-0.39, 0.29) is 10.8 Å². The molecule has 0 aliphatic carbocycles. The Labute approximate surface area is 95.7 Å². The second-order valence-electron chi connectivity index (χ2n) is 2.93. The lowest BCUT2D eigenvalue weighted by Gasteiger charge is -2.04. The first-order chi connectivity index (χ1) is 8.08. The van der Waals surface area contributed by atoms with Gasteiger partial charge in [0, 0.05) is 18.5 Å². The molecule has 0 spiro atoms. The van der Waals surface area contributed by atoms with Gasteiger partial charge in [0.2, 0.25) is 0 Å². The zero-order valence-corrected chi connectivity index (χ0v) is 9.15. The number of carbonyl (C=O) groups excluding carboxylic acids is 1. The molecule has 2 aromatic heterocycles. The molecule has 2 amide bonds. The van der Waals surface area contributed by atoms with Gasteiger partial charge in [-0.05, 0) is 6.07 Å². The van der Waals surface area contributed by atoms with E-state index in [0.29, 0.717) is 0 Å². The second kappa shape index (κ2) is 4.25. The summed E-state index contributed by atoms with van der Waals surface area (Å²) >= 11 is 0. The molecule has 90 valence electrons. The highest BCUT2D eigenvalue weighted by Crippen LogP contribution is 2.03. The topological polar surface area (TPSA) is 133 Å². The summed E-state index contributed by atoms with van der Waals surface area (Å²) in [5.41, 5.74) is 0. The maximum atomic E-state index is 11.5. The molecular formula is C7H8N6O3S. The number of anilines is 1. The van der Waals surface area contributed by atoms with Gasteiger partial charge >= 0.3 is 6.03 Å². The molecule has 0 saturated heterocycles. The second-order valence-corrected chi connectivity index (χ2v) is 4.56. The molecule has 2 rings (SSSR count). The van der Waals surface area contributed by atoms with E-state index in [2.05, 4.69) is 25.7 Å². The lowest BCUT2D eigenvalue weighted by molar-refractivity contribution is 0.256. The Morgan fingerprint density at radius 3 is 2.47 bits per heavy atom. The third kappa shape index (κ3) is 2.60. The quantitative estimate of drug-likeness (QED) is 0.595. The lowest BCUT2D eigenvalue weighted by atomic mass is 10.6. The number of H-pyrrole nitrogens is 2. The van der Waals surface area contributed by atoms with E-state index in [9.17, 15) is 13.2 Å². The first-order valence-corrected chi connectivity index (χ1v) is 5.89. The number of rotatable bonds is 3. The Hall–Kier alpha value is -2.36. The van der Waals surface area contributed by atoms with Crippen molar-refractivity contribution in [1.29, 1.82) is 0 Å². The van der Waals surface area contributed by atoms with Gasteiger partial charge in [-0.25, -0.2) is 9.52 Å². The van der Waals surface area contributed by atoms with Crippen LogP contribution in [-0.4, -0.2) is 34.8 Å². The average molecular weight is 256 g/mol. The normalized spacial score (nSPS) is 11.1. The molecule has 0 aliphatic rings. The SMILES string of the molecule is O=C(Nc1cc[nH]n1)NS(=O)(=O)c1cc[nH]n1. The number of aromatic nitrogens is 4. The van der Waals surface area contributed by atoms with Crippen LogP contribution in [0.3, 0.4) is 0 Å². The first kappa shape index (κ1) is 11.1. The van der Waals surface area contributed by atoms with Crippen molar-refractivity contribution < 1.29 is 13.2 Å². The summed E-state index contributed by atoms with van der Waals surface area (Å²) in [5, 5.41) is 13.9. The van der Waals surface area contributed by atoms with Crippen LogP contribution in [0.15, 0.2) is 29.6 Å². The molecule has 4 N–H and O–H groups in total.